The van der Waals surface area contributed by atoms with Gasteiger partial charge < -0.3 is 16.0 Å². The van der Waals surface area contributed by atoms with E-state index in [9.17, 15) is 8.78 Å². The van der Waals surface area contributed by atoms with Crippen molar-refractivity contribution in [3.63, 3.8) is 0 Å². The van der Waals surface area contributed by atoms with Crippen LogP contribution >= 0.6 is 0 Å². The number of rotatable bonds is 1. The predicted octanol–water partition coefficient (Wildman–Crippen LogP) is 0.957. The Hall–Kier alpha value is -1.36. The van der Waals surface area contributed by atoms with Crippen LogP contribution in [0.4, 0.5) is 20.2 Å². The molecule has 0 aromatic heterocycles. The average molecular weight is 213 g/mol. The van der Waals surface area contributed by atoms with E-state index in [0.717, 1.165) is 25.2 Å². The van der Waals surface area contributed by atoms with Crippen molar-refractivity contribution in [1.29, 1.82) is 0 Å². The molecule has 1 aromatic carbocycles. The molecule has 0 radical (unpaired) electrons. The van der Waals surface area contributed by atoms with Crippen LogP contribution in [0, 0.1) is 11.6 Å². The van der Waals surface area contributed by atoms with Crippen LogP contribution in [0.2, 0.25) is 0 Å². The third-order valence-electron chi connectivity index (χ3n) is 2.52. The second kappa shape index (κ2) is 4.02. The number of nitrogens with one attached hydrogen (secondary N) is 1. The van der Waals surface area contributed by atoms with E-state index in [0.29, 0.717) is 18.8 Å². The molecule has 1 saturated heterocycles. The smallest absolute Gasteiger partial charge is 0.148 e. The molecule has 15 heavy (non-hydrogen) atoms. The summed E-state index contributed by atoms with van der Waals surface area (Å²) in [4.78, 5) is 1.81. The standard InChI is InChI=1S/C10H13F2N3/c11-7-6-10(8(12)5-9(7)13)15-3-1-14-2-4-15/h5-6,14H,1-4,13H2. The first-order chi connectivity index (χ1) is 7.18. The summed E-state index contributed by atoms with van der Waals surface area (Å²) in [6.07, 6.45) is 0. The van der Waals surface area contributed by atoms with Gasteiger partial charge in [-0.2, -0.15) is 0 Å². The molecule has 2 rings (SSSR count). The van der Waals surface area contributed by atoms with E-state index in [1.165, 1.54) is 0 Å². The fraction of sp³-hybridized carbons (Fsp3) is 0.400. The van der Waals surface area contributed by atoms with Gasteiger partial charge in [0.25, 0.3) is 0 Å². The summed E-state index contributed by atoms with van der Waals surface area (Å²) in [6, 6.07) is 2.20. The number of hydrogen-bond acceptors (Lipinski definition) is 3. The average Bonchev–Trinajstić information content (AvgIpc) is 2.25. The fourth-order valence-electron chi connectivity index (χ4n) is 1.70. The van der Waals surface area contributed by atoms with E-state index in [1.54, 1.807) is 0 Å². The van der Waals surface area contributed by atoms with Gasteiger partial charge in [-0.25, -0.2) is 8.78 Å². The molecule has 1 fully saturated rings. The zero-order valence-corrected chi connectivity index (χ0v) is 8.26. The maximum atomic E-state index is 13.5. The normalized spacial score (nSPS) is 16.8. The zero-order valence-electron chi connectivity index (χ0n) is 8.26. The van der Waals surface area contributed by atoms with Crippen LogP contribution in [0.3, 0.4) is 0 Å². The molecule has 0 amide bonds. The van der Waals surface area contributed by atoms with Crippen LogP contribution in [-0.4, -0.2) is 26.2 Å². The number of benzene rings is 1. The molecule has 82 valence electrons. The summed E-state index contributed by atoms with van der Waals surface area (Å²) in [5.74, 6) is -1.03. The molecule has 3 nitrogen and oxygen atoms in total. The lowest BCUT2D eigenvalue weighted by Gasteiger charge is -2.29. The highest BCUT2D eigenvalue weighted by Gasteiger charge is 2.16. The molecule has 0 aliphatic carbocycles. The Morgan fingerprint density at radius 3 is 2.47 bits per heavy atom. The van der Waals surface area contributed by atoms with Crippen molar-refractivity contribution in [2.75, 3.05) is 36.8 Å². The van der Waals surface area contributed by atoms with Crippen LogP contribution in [-0.2, 0) is 0 Å². The second-order valence-corrected chi connectivity index (χ2v) is 3.56. The van der Waals surface area contributed by atoms with Crippen molar-refractivity contribution in [2.45, 2.75) is 0 Å². The van der Waals surface area contributed by atoms with Gasteiger partial charge >= 0.3 is 0 Å². The molecule has 1 aliphatic rings. The largest absolute Gasteiger partial charge is 0.396 e. The minimum absolute atomic E-state index is 0.147. The highest BCUT2D eigenvalue weighted by Crippen LogP contribution is 2.24. The Bertz CT molecular complexity index is 362. The van der Waals surface area contributed by atoms with Gasteiger partial charge in [0.2, 0.25) is 0 Å². The summed E-state index contributed by atoms with van der Waals surface area (Å²) < 4.78 is 26.7. The van der Waals surface area contributed by atoms with Crippen molar-refractivity contribution in [1.82, 2.24) is 5.32 Å². The Labute approximate surface area is 86.9 Å². The summed E-state index contributed by atoms with van der Waals surface area (Å²) in [5, 5.41) is 3.15. The molecular formula is C10H13F2N3. The number of nitrogen functional groups attached to an aromatic ring is 1. The van der Waals surface area contributed by atoms with Gasteiger partial charge in [0.05, 0.1) is 11.4 Å². The van der Waals surface area contributed by atoms with Gasteiger partial charge in [-0.3, -0.25) is 0 Å². The highest BCUT2D eigenvalue weighted by molar-refractivity contribution is 5.55. The van der Waals surface area contributed by atoms with Crippen LogP contribution in [0.5, 0.6) is 0 Å². The van der Waals surface area contributed by atoms with Gasteiger partial charge in [0.1, 0.15) is 11.6 Å². The van der Waals surface area contributed by atoms with E-state index >= 15 is 0 Å². The number of nitrogens with zero attached hydrogens (tertiary/aromatic N) is 1. The van der Waals surface area contributed by atoms with Crippen LogP contribution in [0.1, 0.15) is 0 Å². The lowest BCUT2D eigenvalue weighted by molar-refractivity contribution is 0.559. The Kier molecular flexibility index (Phi) is 2.73. The van der Waals surface area contributed by atoms with Gasteiger partial charge in [0, 0.05) is 38.3 Å². The van der Waals surface area contributed by atoms with Gasteiger partial charge in [-0.05, 0) is 0 Å². The van der Waals surface area contributed by atoms with Crippen LogP contribution in [0.25, 0.3) is 0 Å². The van der Waals surface area contributed by atoms with Crippen molar-refractivity contribution < 1.29 is 8.78 Å². The first kappa shape index (κ1) is 10.2. The Morgan fingerprint density at radius 1 is 1.13 bits per heavy atom. The number of nitrogens with two attached hydrogens (primary N) is 1. The third kappa shape index (κ3) is 2.02. The van der Waals surface area contributed by atoms with Crippen LogP contribution < -0.4 is 16.0 Å². The number of piperazine rings is 1. The number of hydrogen-bond donors (Lipinski definition) is 2. The summed E-state index contributed by atoms with van der Waals surface area (Å²) in [6.45, 7) is 2.93. The summed E-state index contributed by atoms with van der Waals surface area (Å²) >= 11 is 0. The van der Waals surface area contributed by atoms with Crippen molar-refractivity contribution >= 4 is 11.4 Å². The molecule has 3 N–H and O–H groups in total. The van der Waals surface area contributed by atoms with Gasteiger partial charge in [-0.15, -0.1) is 0 Å². The highest BCUT2D eigenvalue weighted by atomic mass is 19.1. The lowest BCUT2D eigenvalue weighted by atomic mass is 10.2. The van der Waals surface area contributed by atoms with E-state index in [1.807, 2.05) is 4.90 Å². The molecule has 0 atom stereocenters. The molecule has 1 aromatic rings. The topological polar surface area (TPSA) is 41.3 Å². The molecule has 1 aliphatic heterocycles. The maximum absolute atomic E-state index is 13.5. The first-order valence-corrected chi connectivity index (χ1v) is 4.88. The molecule has 0 unspecified atom stereocenters. The Morgan fingerprint density at radius 2 is 1.80 bits per heavy atom. The molecule has 1 heterocycles. The van der Waals surface area contributed by atoms with E-state index < -0.39 is 11.6 Å². The van der Waals surface area contributed by atoms with E-state index in [2.05, 4.69) is 5.32 Å². The predicted molar refractivity (Wildman–Crippen MR) is 55.9 cm³/mol. The van der Waals surface area contributed by atoms with Crippen molar-refractivity contribution in [2.24, 2.45) is 0 Å². The minimum atomic E-state index is -0.565. The molecule has 0 saturated carbocycles. The number of anilines is 2. The van der Waals surface area contributed by atoms with E-state index in [-0.39, 0.29) is 5.69 Å². The molecule has 0 spiro atoms. The monoisotopic (exact) mass is 213 g/mol. The number of halogens is 2. The fourth-order valence-corrected chi connectivity index (χ4v) is 1.70. The van der Waals surface area contributed by atoms with Crippen molar-refractivity contribution in [3.8, 4) is 0 Å². The van der Waals surface area contributed by atoms with Gasteiger partial charge in [-0.1, -0.05) is 0 Å². The Balaban J connectivity index is 2.30. The van der Waals surface area contributed by atoms with E-state index in [4.69, 9.17) is 5.73 Å². The quantitative estimate of drug-likeness (QED) is 0.683. The third-order valence-corrected chi connectivity index (χ3v) is 2.52. The minimum Gasteiger partial charge on any atom is -0.396 e. The second-order valence-electron chi connectivity index (χ2n) is 3.56. The SMILES string of the molecule is Nc1cc(F)c(N2CCNCC2)cc1F. The summed E-state index contributed by atoms with van der Waals surface area (Å²) in [7, 11) is 0. The molecule has 5 heteroatoms. The first-order valence-electron chi connectivity index (χ1n) is 4.88. The van der Waals surface area contributed by atoms with Gasteiger partial charge in [0.15, 0.2) is 0 Å². The van der Waals surface area contributed by atoms with Crippen molar-refractivity contribution in [3.05, 3.63) is 23.8 Å². The zero-order chi connectivity index (χ0) is 10.8. The van der Waals surface area contributed by atoms with Crippen LogP contribution in [0.15, 0.2) is 12.1 Å². The molecular weight excluding hydrogens is 200 g/mol. The summed E-state index contributed by atoms with van der Waals surface area (Å²) in [5.41, 5.74) is 5.42. The maximum Gasteiger partial charge on any atom is 0.148 e. The lowest BCUT2D eigenvalue weighted by Crippen LogP contribution is -2.43. The molecule has 0 bridgehead atoms.